The maximum atomic E-state index is 13.3. The van der Waals surface area contributed by atoms with Crippen molar-refractivity contribution in [1.82, 2.24) is 0 Å². The molecule has 106 valence electrons. The van der Waals surface area contributed by atoms with Crippen molar-refractivity contribution >= 4 is 0 Å². The molecule has 0 aromatic heterocycles. The summed E-state index contributed by atoms with van der Waals surface area (Å²) in [7, 11) is 0. The number of aliphatic hydroxyl groups is 1. The molecule has 0 aliphatic heterocycles. The van der Waals surface area contributed by atoms with Crippen molar-refractivity contribution in [3.8, 4) is 11.5 Å². The maximum absolute atomic E-state index is 13.3. The summed E-state index contributed by atoms with van der Waals surface area (Å²) >= 11 is 0. The first-order valence-corrected chi connectivity index (χ1v) is 6.10. The third-order valence-corrected chi connectivity index (χ3v) is 2.88. The van der Waals surface area contributed by atoms with E-state index in [1.165, 1.54) is 12.1 Å². The summed E-state index contributed by atoms with van der Waals surface area (Å²) in [6.07, 6.45) is 0. The summed E-state index contributed by atoms with van der Waals surface area (Å²) in [4.78, 5) is 0. The van der Waals surface area contributed by atoms with Gasteiger partial charge in [-0.25, -0.2) is 8.78 Å². The lowest BCUT2D eigenvalue weighted by Crippen LogP contribution is -2.36. The van der Waals surface area contributed by atoms with Gasteiger partial charge in [-0.05, 0) is 29.8 Å². The molecular formula is C15H15F2NO2. The van der Waals surface area contributed by atoms with Crippen LogP contribution in [0.3, 0.4) is 0 Å². The molecule has 1 atom stereocenters. The van der Waals surface area contributed by atoms with Crippen LogP contribution < -0.4 is 10.5 Å². The van der Waals surface area contributed by atoms with Crippen molar-refractivity contribution < 1.29 is 18.6 Å². The third-order valence-electron chi connectivity index (χ3n) is 2.88. The summed E-state index contributed by atoms with van der Waals surface area (Å²) in [6.45, 7) is -1.28. The Morgan fingerprint density at radius 1 is 1.00 bits per heavy atom. The molecule has 20 heavy (non-hydrogen) atoms. The fraction of sp³-hybridized carbons (Fsp3) is 0.200. The van der Waals surface area contributed by atoms with Crippen LogP contribution in [0.5, 0.6) is 11.5 Å². The first kappa shape index (κ1) is 14.4. The zero-order valence-electron chi connectivity index (χ0n) is 10.7. The maximum Gasteiger partial charge on any atom is 0.289 e. The van der Waals surface area contributed by atoms with Crippen LogP contribution in [0.4, 0.5) is 8.78 Å². The van der Waals surface area contributed by atoms with Gasteiger partial charge in [0.2, 0.25) is 0 Å². The minimum atomic E-state index is -3.35. The molecule has 2 aromatic rings. The Morgan fingerprint density at radius 2 is 1.55 bits per heavy atom. The third kappa shape index (κ3) is 3.31. The first-order chi connectivity index (χ1) is 9.53. The van der Waals surface area contributed by atoms with Gasteiger partial charge in [-0.1, -0.05) is 30.3 Å². The SMILES string of the molecule is N[C@@H](c1ccc(Oc2ccccc2)cc1)C(F)(F)CO. The van der Waals surface area contributed by atoms with Gasteiger partial charge in [0.1, 0.15) is 18.1 Å². The van der Waals surface area contributed by atoms with Gasteiger partial charge in [0, 0.05) is 0 Å². The Kier molecular flexibility index (Phi) is 4.32. The Balaban J connectivity index is 2.11. The zero-order chi connectivity index (χ0) is 14.6. The average molecular weight is 279 g/mol. The van der Waals surface area contributed by atoms with Crippen molar-refractivity contribution in [2.45, 2.75) is 12.0 Å². The second-order valence-electron chi connectivity index (χ2n) is 4.38. The van der Waals surface area contributed by atoms with Crippen molar-refractivity contribution in [3.63, 3.8) is 0 Å². The second-order valence-corrected chi connectivity index (χ2v) is 4.38. The molecule has 0 radical (unpaired) electrons. The van der Waals surface area contributed by atoms with Crippen LogP contribution >= 0.6 is 0 Å². The number of benzene rings is 2. The number of aliphatic hydroxyl groups excluding tert-OH is 1. The number of para-hydroxylation sites is 1. The van der Waals surface area contributed by atoms with Gasteiger partial charge in [-0.3, -0.25) is 0 Å². The van der Waals surface area contributed by atoms with E-state index in [1.807, 2.05) is 18.2 Å². The Labute approximate surface area is 115 Å². The van der Waals surface area contributed by atoms with Gasteiger partial charge in [-0.2, -0.15) is 0 Å². The van der Waals surface area contributed by atoms with Crippen LogP contribution in [-0.4, -0.2) is 17.6 Å². The van der Waals surface area contributed by atoms with E-state index >= 15 is 0 Å². The van der Waals surface area contributed by atoms with Crippen LogP contribution in [0, 0.1) is 0 Å². The molecule has 0 saturated carbocycles. The number of hydrogen-bond donors (Lipinski definition) is 2. The Hall–Kier alpha value is -1.98. The fourth-order valence-electron chi connectivity index (χ4n) is 1.71. The molecule has 0 fully saturated rings. The number of halogens is 2. The summed E-state index contributed by atoms with van der Waals surface area (Å²) in [6, 6.07) is 13.6. The predicted molar refractivity (Wildman–Crippen MR) is 71.9 cm³/mol. The van der Waals surface area contributed by atoms with Gasteiger partial charge >= 0.3 is 0 Å². The van der Waals surface area contributed by atoms with E-state index in [0.29, 0.717) is 11.5 Å². The van der Waals surface area contributed by atoms with Crippen LogP contribution in [-0.2, 0) is 0 Å². The highest BCUT2D eigenvalue weighted by Crippen LogP contribution is 2.30. The highest BCUT2D eigenvalue weighted by Gasteiger charge is 2.37. The molecular weight excluding hydrogens is 264 g/mol. The highest BCUT2D eigenvalue weighted by molar-refractivity contribution is 5.34. The van der Waals surface area contributed by atoms with E-state index in [-0.39, 0.29) is 5.56 Å². The predicted octanol–water partition coefficient (Wildman–Crippen LogP) is 3.11. The van der Waals surface area contributed by atoms with Gasteiger partial charge in [0.05, 0.1) is 6.04 Å². The Morgan fingerprint density at radius 3 is 2.10 bits per heavy atom. The second kappa shape index (κ2) is 5.98. The van der Waals surface area contributed by atoms with Gasteiger partial charge in [0.25, 0.3) is 5.92 Å². The molecule has 0 unspecified atom stereocenters. The lowest BCUT2D eigenvalue weighted by molar-refractivity contribution is -0.0711. The van der Waals surface area contributed by atoms with E-state index in [2.05, 4.69) is 0 Å². The van der Waals surface area contributed by atoms with E-state index in [4.69, 9.17) is 15.6 Å². The number of rotatable bonds is 5. The van der Waals surface area contributed by atoms with E-state index in [1.54, 1.807) is 24.3 Å². The molecule has 3 nitrogen and oxygen atoms in total. The van der Waals surface area contributed by atoms with Crippen molar-refractivity contribution in [1.29, 1.82) is 0 Å². The Bertz CT molecular complexity index is 544. The van der Waals surface area contributed by atoms with Crippen LogP contribution in [0.2, 0.25) is 0 Å². The zero-order valence-corrected chi connectivity index (χ0v) is 10.7. The molecule has 0 bridgehead atoms. The first-order valence-electron chi connectivity index (χ1n) is 6.10. The average Bonchev–Trinajstić information content (AvgIpc) is 2.48. The van der Waals surface area contributed by atoms with Gasteiger partial charge < -0.3 is 15.6 Å². The number of nitrogens with two attached hydrogens (primary N) is 1. The molecule has 0 aliphatic carbocycles. The number of ether oxygens (including phenoxy) is 1. The summed E-state index contributed by atoms with van der Waals surface area (Å²) in [5, 5.41) is 8.62. The molecule has 0 saturated heterocycles. The lowest BCUT2D eigenvalue weighted by atomic mass is 10.0. The number of alkyl halides is 2. The topological polar surface area (TPSA) is 55.5 Å². The van der Waals surface area contributed by atoms with Crippen LogP contribution in [0.1, 0.15) is 11.6 Å². The minimum absolute atomic E-state index is 0.240. The molecule has 0 spiro atoms. The normalized spacial score (nSPS) is 13.0. The molecule has 2 rings (SSSR count). The highest BCUT2D eigenvalue weighted by atomic mass is 19.3. The minimum Gasteiger partial charge on any atom is -0.457 e. The molecule has 0 amide bonds. The molecule has 2 aromatic carbocycles. The van der Waals surface area contributed by atoms with E-state index in [9.17, 15) is 8.78 Å². The van der Waals surface area contributed by atoms with Crippen molar-refractivity contribution in [2.24, 2.45) is 5.73 Å². The molecule has 0 aliphatic rings. The standard InChI is InChI=1S/C15H15F2NO2/c16-15(17,10-19)14(18)11-6-8-13(9-7-11)20-12-4-2-1-3-5-12/h1-9,14,19H,10,18H2/t14-/m0/s1. The number of hydrogen-bond acceptors (Lipinski definition) is 3. The van der Waals surface area contributed by atoms with Crippen molar-refractivity contribution in [3.05, 3.63) is 60.2 Å². The lowest BCUT2D eigenvalue weighted by Gasteiger charge is -2.21. The summed E-state index contributed by atoms with van der Waals surface area (Å²) in [5.74, 6) is -2.16. The monoisotopic (exact) mass is 279 g/mol. The molecule has 0 heterocycles. The quantitative estimate of drug-likeness (QED) is 0.884. The molecule has 5 heteroatoms. The van der Waals surface area contributed by atoms with E-state index < -0.39 is 18.6 Å². The van der Waals surface area contributed by atoms with Gasteiger partial charge in [-0.15, -0.1) is 0 Å². The van der Waals surface area contributed by atoms with Crippen molar-refractivity contribution in [2.75, 3.05) is 6.61 Å². The summed E-state index contributed by atoms with van der Waals surface area (Å²) < 4.78 is 32.1. The van der Waals surface area contributed by atoms with E-state index in [0.717, 1.165) is 0 Å². The smallest absolute Gasteiger partial charge is 0.289 e. The summed E-state index contributed by atoms with van der Waals surface area (Å²) in [5.41, 5.74) is 5.68. The largest absolute Gasteiger partial charge is 0.457 e. The van der Waals surface area contributed by atoms with Gasteiger partial charge in [0.15, 0.2) is 0 Å². The molecule has 3 N–H and O–H groups in total. The van der Waals surface area contributed by atoms with Crippen LogP contribution in [0.25, 0.3) is 0 Å². The van der Waals surface area contributed by atoms with Crippen LogP contribution in [0.15, 0.2) is 54.6 Å². The fourth-order valence-corrected chi connectivity index (χ4v) is 1.71.